The van der Waals surface area contributed by atoms with E-state index in [9.17, 15) is 9.59 Å². The Morgan fingerprint density at radius 2 is 2.27 bits per heavy atom. The average Bonchev–Trinajstić information content (AvgIpc) is 2.18. The lowest BCUT2D eigenvalue weighted by molar-refractivity contribution is -0.155. The molecule has 1 fully saturated rings. The van der Waals surface area contributed by atoms with Crippen molar-refractivity contribution in [2.45, 2.75) is 25.8 Å². The number of carbonyl (C=O) groups is 2. The quantitative estimate of drug-likeness (QED) is 0.509. The molecule has 0 bridgehead atoms. The van der Waals surface area contributed by atoms with Gasteiger partial charge in [0, 0.05) is 12.6 Å². The molecule has 5 heteroatoms. The van der Waals surface area contributed by atoms with Gasteiger partial charge in [-0.1, -0.05) is 0 Å². The van der Waals surface area contributed by atoms with Gasteiger partial charge in [0.25, 0.3) is 0 Å². The first-order valence-corrected chi connectivity index (χ1v) is 5.29. The molecule has 1 heterocycles. The van der Waals surface area contributed by atoms with E-state index in [1.54, 1.807) is 6.92 Å². The highest BCUT2D eigenvalue weighted by molar-refractivity contribution is 6.32. The Morgan fingerprint density at radius 3 is 2.87 bits per heavy atom. The minimum Gasteiger partial charge on any atom is -0.459 e. The molecule has 1 unspecified atom stereocenters. The zero-order valence-corrected chi connectivity index (χ0v) is 9.28. The Morgan fingerprint density at radius 1 is 1.53 bits per heavy atom. The number of ether oxygens (including phenoxy) is 1. The van der Waals surface area contributed by atoms with Crippen LogP contribution in [-0.4, -0.2) is 49.6 Å². The smallest absolute Gasteiger partial charge is 0.396 e. The maximum atomic E-state index is 11.3. The Bertz CT molecular complexity index is 243. The molecule has 0 saturated carbocycles. The molecule has 0 aromatic rings. The predicted molar refractivity (Wildman–Crippen MR) is 55.3 cm³/mol. The number of nitrogens with zero attached hydrogens (tertiary/aromatic N) is 1. The minimum atomic E-state index is -0.786. The van der Waals surface area contributed by atoms with Crippen molar-refractivity contribution in [2.24, 2.45) is 0 Å². The molecule has 1 N–H and O–H groups in total. The van der Waals surface area contributed by atoms with Gasteiger partial charge in [0.2, 0.25) is 0 Å². The third-order valence-corrected chi connectivity index (χ3v) is 2.42. The standard InChI is InChI=1S/C10H18N2O3/c1-3-15-10(14)9(13)11-8-5-4-6-12(2)7-8/h8H,3-7H2,1-2H3,(H,11,13). The number of hydrogen-bond acceptors (Lipinski definition) is 4. The van der Waals surface area contributed by atoms with E-state index >= 15 is 0 Å². The molecule has 1 amide bonds. The van der Waals surface area contributed by atoms with Gasteiger partial charge in [0.05, 0.1) is 6.61 Å². The fourth-order valence-corrected chi connectivity index (χ4v) is 1.73. The van der Waals surface area contributed by atoms with E-state index in [2.05, 4.69) is 15.0 Å². The highest BCUT2D eigenvalue weighted by Gasteiger charge is 2.22. The highest BCUT2D eigenvalue weighted by atomic mass is 16.5. The zero-order chi connectivity index (χ0) is 11.3. The van der Waals surface area contributed by atoms with Crippen molar-refractivity contribution in [3.8, 4) is 0 Å². The molecule has 5 nitrogen and oxygen atoms in total. The number of esters is 1. The number of hydrogen-bond donors (Lipinski definition) is 1. The summed E-state index contributed by atoms with van der Waals surface area (Å²) in [6.45, 7) is 3.76. The molecule has 0 spiro atoms. The number of amides is 1. The van der Waals surface area contributed by atoms with Crippen molar-refractivity contribution in [3.63, 3.8) is 0 Å². The highest BCUT2D eigenvalue weighted by Crippen LogP contribution is 2.07. The van der Waals surface area contributed by atoms with Crippen molar-refractivity contribution in [3.05, 3.63) is 0 Å². The van der Waals surface area contributed by atoms with Crippen LogP contribution < -0.4 is 5.32 Å². The first kappa shape index (κ1) is 12.0. The lowest BCUT2D eigenvalue weighted by Crippen LogP contribution is -2.48. The van der Waals surface area contributed by atoms with Crippen molar-refractivity contribution in [1.29, 1.82) is 0 Å². The number of likely N-dealkylation sites (N-methyl/N-ethyl adjacent to an activating group) is 1. The summed E-state index contributed by atoms with van der Waals surface area (Å²) in [5.74, 6) is -1.41. The molecule has 1 aliphatic heterocycles. The number of likely N-dealkylation sites (tertiary alicyclic amines) is 1. The largest absolute Gasteiger partial charge is 0.459 e. The van der Waals surface area contributed by atoms with Gasteiger partial charge in [-0.3, -0.25) is 4.79 Å². The first-order valence-electron chi connectivity index (χ1n) is 5.29. The van der Waals surface area contributed by atoms with Gasteiger partial charge >= 0.3 is 11.9 Å². The van der Waals surface area contributed by atoms with Gasteiger partial charge in [0.1, 0.15) is 0 Å². The van der Waals surface area contributed by atoms with Gasteiger partial charge < -0.3 is 15.0 Å². The van der Waals surface area contributed by atoms with Crippen LogP contribution in [0.3, 0.4) is 0 Å². The second kappa shape index (κ2) is 5.70. The van der Waals surface area contributed by atoms with E-state index in [1.165, 1.54) is 0 Å². The van der Waals surface area contributed by atoms with Crippen LogP contribution in [-0.2, 0) is 14.3 Å². The predicted octanol–water partition coefficient (Wildman–Crippen LogP) is -0.240. The SMILES string of the molecule is CCOC(=O)C(=O)NC1CCCN(C)C1. The molecule has 0 aromatic heterocycles. The molecule has 1 saturated heterocycles. The van der Waals surface area contributed by atoms with Crippen LogP contribution in [0.15, 0.2) is 0 Å². The summed E-state index contributed by atoms with van der Waals surface area (Å²) < 4.78 is 4.61. The van der Waals surface area contributed by atoms with Gasteiger partial charge in [-0.05, 0) is 33.4 Å². The van der Waals surface area contributed by atoms with E-state index < -0.39 is 11.9 Å². The fraction of sp³-hybridized carbons (Fsp3) is 0.800. The number of nitrogens with one attached hydrogen (secondary N) is 1. The van der Waals surface area contributed by atoms with Crippen molar-refractivity contribution in [1.82, 2.24) is 10.2 Å². The van der Waals surface area contributed by atoms with Crippen LogP contribution in [0.2, 0.25) is 0 Å². The van der Waals surface area contributed by atoms with Crippen molar-refractivity contribution < 1.29 is 14.3 Å². The molecule has 1 rings (SSSR count). The van der Waals surface area contributed by atoms with Crippen LogP contribution >= 0.6 is 0 Å². The molecular formula is C10H18N2O3. The van der Waals surface area contributed by atoms with Gasteiger partial charge in [-0.2, -0.15) is 0 Å². The normalized spacial score (nSPS) is 22.1. The molecule has 0 radical (unpaired) electrons. The molecule has 1 atom stereocenters. The Hall–Kier alpha value is -1.10. The van der Waals surface area contributed by atoms with Crippen LogP contribution in [0.25, 0.3) is 0 Å². The summed E-state index contributed by atoms with van der Waals surface area (Å²) in [6.07, 6.45) is 1.97. The Labute approximate surface area is 89.8 Å². The number of rotatable bonds is 2. The van der Waals surface area contributed by atoms with E-state index in [1.807, 2.05) is 7.05 Å². The summed E-state index contributed by atoms with van der Waals surface area (Å²) >= 11 is 0. The van der Waals surface area contributed by atoms with Crippen LogP contribution in [0.4, 0.5) is 0 Å². The van der Waals surface area contributed by atoms with E-state index in [4.69, 9.17) is 0 Å². The van der Waals surface area contributed by atoms with Crippen LogP contribution in [0.5, 0.6) is 0 Å². The molecule has 15 heavy (non-hydrogen) atoms. The second-order valence-corrected chi connectivity index (χ2v) is 3.80. The molecule has 0 aliphatic carbocycles. The zero-order valence-electron chi connectivity index (χ0n) is 9.28. The van der Waals surface area contributed by atoms with Crippen molar-refractivity contribution in [2.75, 3.05) is 26.7 Å². The number of piperidine rings is 1. The third kappa shape index (κ3) is 3.87. The minimum absolute atomic E-state index is 0.0701. The first-order chi connectivity index (χ1) is 7.13. The summed E-state index contributed by atoms with van der Waals surface area (Å²) in [5.41, 5.74) is 0. The van der Waals surface area contributed by atoms with Crippen LogP contribution in [0, 0.1) is 0 Å². The summed E-state index contributed by atoms with van der Waals surface area (Å²) in [7, 11) is 2.00. The topological polar surface area (TPSA) is 58.6 Å². The third-order valence-electron chi connectivity index (χ3n) is 2.42. The maximum absolute atomic E-state index is 11.3. The molecule has 86 valence electrons. The van der Waals surface area contributed by atoms with Gasteiger partial charge in [-0.25, -0.2) is 4.79 Å². The average molecular weight is 214 g/mol. The number of carbonyl (C=O) groups excluding carboxylic acids is 2. The van der Waals surface area contributed by atoms with Crippen LogP contribution in [0.1, 0.15) is 19.8 Å². The Balaban J connectivity index is 2.33. The van der Waals surface area contributed by atoms with Gasteiger partial charge in [-0.15, -0.1) is 0 Å². The fourth-order valence-electron chi connectivity index (χ4n) is 1.73. The van der Waals surface area contributed by atoms with Crippen molar-refractivity contribution >= 4 is 11.9 Å². The van der Waals surface area contributed by atoms with E-state index in [-0.39, 0.29) is 12.6 Å². The summed E-state index contributed by atoms with van der Waals surface area (Å²) in [5, 5.41) is 2.68. The lowest BCUT2D eigenvalue weighted by atomic mass is 10.1. The maximum Gasteiger partial charge on any atom is 0.396 e. The second-order valence-electron chi connectivity index (χ2n) is 3.80. The van der Waals surface area contributed by atoms with E-state index in [0.29, 0.717) is 0 Å². The summed E-state index contributed by atoms with van der Waals surface area (Å²) in [6, 6.07) is 0.0701. The van der Waals surface area contributed by atoms with E-state index in [0.717, 1.165) is 25.9 Å². The molecule has 1 aliphatic rings. The molecule has 0 aromatic carbocycles. The lowest BCUT2D eigenvalue weighted by Gasteiger charge is -2.29. The summed E-state index contributed by atoms with van der Waals surface area (Å²) in [4.78, 5) is 24.5. The monoisotopic (exact) mass is 214 g/mol. The van der Waals surface area contributed by atoms with Gasteiger partial charge in [0.15, 0.2) is 0 Å². The molecular weight excluding hydrogens is 196 g/mol. The Kier molecular flexibility index (Phi) is 4.55.